The number of aryl methyl sites for hydroxylation is 2. The summed E-state index contributed by atoms with van der Waals surface area (Å²) in [5, 5.41) is 2.91. The normalized spacial score (nSPS) is 11.2. The molecule has 164 valence electrons. The second-order valence-corrected chi connectivity index (χ2v) is 8.03. The summed E-state index contributed by atoms with van der Waals surface area (Å²) < 4.78 is 9.13. The second kappa shape index (κ2) is 8.66. The molecule has 0 spiro atoms. The molecular weight excluding hydrogens is 406 g/mol. The molecule has 0 fully saturated rings. The van der Waals surface area contributed by atoms with E-state index in [-0.39, 0.29) is 24.1 Å². The highest BCUT2D eigenvalue weighted by molar-refractivity contribution is 6.05. The fraction of sp³-hybridized carbons (Fsp3) is 0.250. The number of nitrogens with one attached hydrogen (secondary N) is 1. The van der Waals surface area contributed by atoms with Gasteiger partial charge in [-0.3, -0.25) is 14.3 Å². The molecule has 8 nitrogen and oxygen atoms in total. The smallest absolute Gasteiger partial charge is 0.274 e. The molecule has 0 radical (unpaired) electrons. The van der Waals surface area contributed by atoms with Gasteiger partial charge in [0, 0.05) is 17.7 Å². The Labute approximate surface area is 185 Å². The maximum absolute atomic E-state index is 12.7. The van der Waals surface area contributed by atoms with Gasteiger partial charge in [-0.2, -0.15) is 9.50 Å². The van der Waals surface area contributed by atoms with Gasteiger partial charge in [-0.05, 0) is 57.5 Å². The van der Waals surface area contributed by atoms with Crippen LogP contribution in [0.4, 0.5) is 5.69 Å². The first-order chi connectivity index (χ1) is 15.3. The Balaban J connectivity index is 1.57. The van der Waals surface area contributed by atoms with Crippen molar-refractivity contribution in [3.63, 3.8) is 0 Å². The molecule has 2 heterocycles. The minimum absolute atomic E-state index is 0.0665. The third-order valence-electron chi connectivity index (χ3n) is 5.02. The summed E-state index contributed by atoms with van der Waals surface area (Å²) in [6, 6.07) is 14.4. The van der Waals surface area contributed by atoms with E-state index in [9.17, 15) is 9.59 Å². The van der Waals surface area contributed by atoms with Gasteiger partial charge in [0.25, 0.3) is 17.2 Å². The fourth-order valence-corrected chi connectivity index (χ4v) is 3.40. The fourth-order valence-electron chi connectivity index (χ4n) is 3.40. The number of carbonyl (C=O) groups excluding carboxylic acids is 1. The molecule has 0 aliphatic carbocycles. The number of nitrogens with zero attached hydrogens (tertiary/aromatic N) is 4. The summed E-state index contributed by atoms with van der Waals surface area (Å²) in [6.45, 7) is 7.88. The molecule has 4 rings (SSSR count). The quantitative estimate of drug-likeness (QED) is 0.500. The lowest BCUT2D eigenvalue weighted by atomic mass is 10.1. The van der Waals surface area contributed by atoms with Crippen molar-refractivity contribution in [2.75, 3.05) is 5.32 Å². The minimum atomic E-state index is -0.225. The van der Waals surface area contributed by atoms with E-state index in [1.807, 2.05) is 58.0 Å². The van der Waals surface area contributed by atoms with E-state index in [0.29, 0.717) is 28.5 Å². The highest BCUT2D eigenvalue weighted by Crippen LogP contribution is 2.27. The van der Waals surface area contributed by atoms with Gasteiger partial charge >= 0.3 is 0 Å². The van der Waals surface area contributed by atoms with E-state index in [4.69, 9.17) is 4.74 Å². The Kier molecular flexibility index (Phi) is 5.77. The number of anilines is 1. The van der Waals surface area contributed by atoms with Crippen molar-refractivity contribution in [2.45, 2.75) is 40.3 Å². The van der Waals surface area contributed by atoms with Crippen molar-refractivity contribution in [3.8, 4) is 5.75 Å². The molecule has 0 atom stereocenters. The van der Waals surface area contributed by atoms with Crippen LogP contribution in [-0.2, 0) is 6.61 Å². The standard InChI is InChI=1S/C24H25N5O3/c1-15(2)28-14-25-24-26-19(12-22(30)29(24)28)13-32-21-11-17(4)8-9-20(21)27-23(31)18-7-5-6-16(3)10-18/h5-12,14-15H,13H2,1-4H3,(H,27,31). The zero-order valence-corrected chi connectivity index (χ0v) is 18.5. The van der Waals surface area contributed by atoms with Crippen LogP contribution in [0.25, 0.3) is 5.78 Å². The van der Waals surface area contributed by atoms with Crippen molar-refractivity contribution in [1.82, 2.24) is 19.2 Å². The number of amides is 1. The van der Waals surface area contributed by atoms with Gasteiger partial charge in [0.15, 0.2) is 0 Å². The average Bonchev–Trinajstić information content (AvgIpc) is 3.19. The van der Waals surface area contributed by atoms with E-state index in [1.54, 1.807) is 23.1 Å². The van der Waals surface area contributed by atoms with Gasteiger partial charge in [0.05, 0.1) is 11.4 Å². The maximum Gasteiger partial charge on any atom is 0.274 e. The zero-order chi connectivity index (χ0) is 22.8. The number of rotatable bonds is 6. The zero-order valence-electron chi connectivity index (χ0n) is 18.5. The molecule has 1 amide bonds. The number of benzene rings is 2. The number of hydrogen-bond donors (Lipinski definition) is 1. The first kappa shape index (κ1) is 21.3. The minimum Gasteiger partial charge on any atom is -0.485 e. The van der Waals surface area contributed by atoms with Gasteiger partial charge in [-0.1, -0.05) is 23.8 Å². The topological polar surface area (TPSA) is 90.5 Å². The van der Waals surface area contributed by atoms with Gasteiger partial charge in [0.1, 0.15) is 18.7 Å². The molecule has 0 saturated carbocycles. The van der Waals surface area contributed by atoms with Crippen LogP contribution in [0.15, 0.2) is 59.7 Å². The van der Waals surface area contributed by atoms with Crippen LogP contribution >= 0.6 is 0 Å². The van der Waals surface area contributed by atoms with Crippen LogP contribution < -0.4 is 15.6 Å². The highest BCUT2D eigenvalue weighted by atomic mass is 16.5. The Morgan fingerprint density at radius 1 is 1.09 bits per heavy atom. The first-order valence-corrected chi connectivity index (χ1v) is 10.4. The Bertz CT molecular complexity index is 1350. The number of carbonyl (C=O) groups is 1. The highest BCUT2D eigenvalue weighted by Gasteiger charge is 2.13. The number of fused-ring (bicyclic) bond motifs is 1. The van der Waals surface area contributed by atoms with E-state index >= 15 is 0 Å². The maximum atomic E-state index is 12.7. The van der Waals surface area contributed by atoms with Crippen molar-refractivity contribution >= 4 is 17.4 Å². The van der Waals surface area contributed by atoms with Gasteiger partial charge < -0.3 is 10.1 Å². The summed E-state index contributed by atoms with van der Waals surface area (Å²) in [5.41, 5.74) is 3.33. The van der Waals surface area contributed by atoms with E-state index in [0.717, 1.165) is 11.1 Å². The predicted octanol–water partition coefficient (Wildman–Crippen LogP) is 3.92. The van der Waals surface area contributed by atoms with Crippen LogP contribution in [-0.4, -0.2) is 25.1 Å². The van der Waals surface area contributed by atoms with Gasteiger partial charge in [-0.25, -0.2) is 4.98 Å². The van der Waals surface area contributed by atoms with Crippen LogP contribution in [0.5, 0.6) is 5.75 Å². The van der Waals surface area contributed by atoms with E-state index in [2.05, 4.69) is 15.3 Å². The summed E-state index contributed by atoms with van der Waals surface area (Å²) >= 11 is 0. The van der Waals surface area contributed by atoms with Crippen molar-refractivity contribution in [1.29, 1.82) is 0 Å². The lowest BCUT2D eigenvalue weighted by molar-refractivity contribution is 0.102. The predicted molar refractivity (Wildman–Crippen MR) is 122 cm³/mol. The summed E-state index contributed by atoms with van der Waals surface area (Å²) in [4.78, 5) is 34.0. The average molecular weight is 431 g/mol. The third-order valence-corrected chi connectivity index (χ3v) is 5.02. The molecule has 0 saturated heterocycles. The van der Waals surface area contributed by atoms with Crippen molar-refractivity contribution < 1.29 is 9.53 Å². The molecule has 0 unspecified atom stereocenters. The van der Waals surface area contributed by atoms with Crippen LogP contribution in [0.1, 0.15) is 47.1 Å². The molecule has 1 N–H and O–H groups in total. The Morgan fingerprint density at radius 3 is 2.62 bits per heavy atom. The molecule has 8 heteroatoms. The van der Waals surface area contributed by atoms with Crippen LogP contribution in [0.2, 0.25) is 0 Å². The Morgan fingerprint density at radius 2 is 1.88 bits per heavy atom. The molecule has 32 heavy (non-hydrogen) atoms. The lowest BCUT2D eigenvalue weighted by Crippen LogP contribution is -2.23. The SMILES string of the molecule is Cc1cccc(C(=O)Nc2ccc(C)cc2OCc2cc(=O)n3c(ncn3C(C)C)n2)c1. The van der Waals surface area contributed by atoms with Crippen LogP contribution in [0, 0.1) is 13.8 Å². The summed E-state index contributed by atoms with van der Waals surface area (Å²) in [6.07, 6.45) is 1.60. The van der Waals surface area contributed by atoms with Crippen molar-refractivity contribution in [3.05, 3.63) is 87.6 Å². The monoisotopic (exact) mass is 431 g/mol. The molecule has 0 bridgehead atoms. The number of ether oxygens (including phenoxy) is 1. The summed E-state index contributed by atoms with van der Waals surface area (Å²) in [7, 11) is 0. The third kappa shape index (κ3) is 4.39. The molecule has 4 aromatic rings. The van der Waals surface area contributed by atoms with E-state index in [1.165, 1.54) is 10.6 Å². The molecule has 0 aliphatic heterocycles. The Hall–Kier alpha value is -3.94. The molecular formula is C24H25N5O3. The molecule has 2 aromatic heterocycles. The van der Waals surface area contributed by atoms with Gasteiger partial charge in [0.2, 0.25) is 0 Å². The van der Waals surface area contributed by atoms with Crippen LogP contribution in [0.3, 0.4) is 0 Å². The van der Waals surface area contributed by atoms with Crippen molar-refractivity contribution in [2.24, 2.45) is 0 Å². The second-order valence-electron chi connectivity index (χ2n) is 8.03. The largest absolute Gasteiger partial charge is 0.485 e. The first-order valence-electron chi connectivity index (χ1n) is 10.4. The van der Waals surface area contributed by atoms with Gasteiger partial charge in [-0.15, -0.1) is 0 Å². The molecule has 2 aromatic carbocycles. The number of hydrogen-bond acceptors (Lipinski definition) is 5. The lowest BCUT2D eigenvalue weighted by Gasteiger charge is -2.14. The number of aromatic nitrogens is 4. The van der Waals surface area contributed by atoms with E-state index < -0.39 is 0 Å². The molecule has 0 aliphatic rings. The summed E-state index contributed by atoms with van der Waals surface area (Å²) in [5.74, 6) is 0.599.